The minimum absolute atomic E-state index is 0.00216. The molecular formula is C24H22N2O5. The molecule has 0 radical (unpaired) electrons. The molecule has 1 unspecified atom stereocenters. The maximum absolute atomic E-state index is 12.4. The van der Waals surface area contributed by atoms with E-state index >= 15 is 0 Å². The van der Waals surface area contributed by atoms with Crippen LogP contribution in [-0.2, 0) is 4.79 Å². The summed E-state index contributed by atoms with van der Waals surface area (Å²) < 4.78 is 5.66. The third-order valence-electron chi connectivity index (χ3n) is 4.49. The third kappa shape index (κ3) is 5.70. The smallest absolute Gasteiger partial charge is 0.337 e. The topological polar surface area (TPSA) is 105 Å². The van der Waals surface area contributed by atoms with Gasteiger partial charge >= 0.3 is 5.97 Å². The lowest BCUT2D eigenvalue weighted by Crippen LogP contribution is -2.30. The molecule has 7 heteroatoms. The molecule has 3 rings (SSSR count). The molecule has 3 aromatic rings. The van der Waals surface area contributed by atoms with Gasteiger partial charge in [0.1, 0.15) is 5.75 Å². The number of carboxylic acids is 1. The Bertz CT molecular complexity index is 1110. The average Bonchev–Trinajstić information content (AvgIpc) is 2.74. The Balaban J connectivity index is 1.61. The van der Waals surface area contributed by atoms with Crippen LogP contribution in [0.5, 0.6) is 5.75 Å². The molecule has 0 fully saturated rings. The van der Waals surface area contributed by atoms with E-state index in [1.807, 2.05) is 25.1 Å². The summed E-state index contributed by atoms with van der Waals surface area (Å²) in [6, 6.07) is 19.9. The summed E-state index contributed by atoms with van der Waals surface area (Å²) in [6.07, 6.45) is -0.711. The fraction of sp³-hybridized carbons (Fsp3) is 0.125. The molecular weight excluding hydrogens is 396 g/mol. The summed E-state index contributed by atoms with van der Waals surface area (Å²) in [5.74, 6) is -1.30. The number of rotatable bonds is 7. The molecule has 0 aliphatic heterocycles. The maximum Gasteiger partial charge on any atom is 0.337 e. The molecule has 0 saturated carbocycles. The first kappa shape index (κ1) is 21.6. The summed E-state index contributed by atoms with van der Waals surface area (Å²) in [6.45, 7) is 3.59. The van der Waals surface area contributed by atoms with Gasteiger partial charge < -0.3 is 20.5 Å². The predicted molar refractivity (Wildman–Crippen MR) is 118 cm³/mol. The van der Waals surface area contributed by atoms with Crippen molar-refractivity contribution in [2.45, 2.75) is 20.0 Å². The molecule has 31 heavy (non-hydrogen) atoms. The van der Waals surface area contributed by atoms with Crippen LogP contribution in [-0.4, -0.2) is 29.0 Å². The monoisotopic (exact) mass is 418 g/mol. The van der Waals surface area contributed by atoms with Crippen molar-refractivity contribution in [3.05, 3.63) is 89.5 Å². The van der Waals surface area contributed by atoms with Gasteiger partial charge in [0.2, 0.25) is 0 Å². The Morgan fingerprint density at radius 2 is 1.61 bits per heavy atom. The van der Waals surface area contributed by atoms with Gasteiger partial charge in [0.15, 0.2) is 6.10 Å². The van der Waals surface area contributed by atoms with E-state index in [-0.39, 0.29) is 17.2 Å². The van der Waals surface area contributed by atoms with Crippen molar-refractivity contribution in [3.63, 3.8) is 0 Å². The quantitative estimate of drug-likeness (QED) is 0.529. The van der Waals surface area contributed by atoms with Crippen molar-refractivity contribution in [2.75, 3.05) is 10.6 Å². The number of carbonyl (C=O) groups excluding carboxylic acids is 2. The van der Waals surface area contributed by atoms with Crippen molar-refractivity contribution < 1.29 is 24.2 Å². The standard InChI is InChI=1S/C24H22N2O5/c1-15-6-5-7-19(14-15)31-16(2)22(27)25-18-12-10-17(11-13-18)23(28)26-21-9-4-3-8-20(21)24(29)30/h3-14,16H,1-2H3,(H,25,27)(H,26,28)(H,29,30). The zero-order chi connectivity index (χ0) is 22.4. The van der Waals surface area contributed by atoms with Crippen LogP contribution in [0.25, 0.3) is 0 Å². The number of hydrogen-bond acceptors (Lipinski definition) is 4. The molecule has 158 valence electrons. The van der Waals surface area contributed by atoms with E-state index in [0.717, 1.165) is 5.56 Å². The highest BCUT2D eigenvalue weighted by atomic mass is 16.5. The highest BCUT2D eigenvalue weighted by molar-refractivity contribution is 6.08. The first-order chi connectivity index (χ1) is 14.8. The molecule has 0 aromatic heterocycles. The SMILES string of the molecule is Cc1cccc(OC(C)C(=O)Nc2ccc(C(=O)Nc3ccccc3C(=O)O)cc2)c1. The normalized spacial score (nSPS) is 11.3. The van der Waals surface area contributed by atoms with Gasteiger partial charge in [-0.2, -0.15) is 0 Å². The lowest BCUT2D eigenvalue weighted by atomic mass is 10.1. The van der Waals surface area contributed by atoms with E-state index in [1.54, 1.807) is 49.4 Å². The van der Waals surface area contributed by atoms with E-state index < -0.39 is 18.0 Å². The van der Waals surface area contributed by atoms with E-state index in [4.69, 9.17) is 4.74 Å². The van der Waals surface area contributed by atoms with Crippen LogP contribution >= 0.6 is 0 Å². The average molecular weight is 418 g/mol. The minimum Gasteiger partial charge on any atom is -0.481 e. The predicted octanol–water partition coefficient (Wildman–Crippen LogP) is 4.35. The number of para-hydroxylation sites is 1. The first-order valence-electron chi connectivity index (χ1n) is 9.61. The summed E-state index contributed by atoms with van der Waals surface area (Å²) in [5, 5.41) is 14.6. The summed E-state index contributed by atoms with van der Waals surface area (Å²) >= 11 is 0. The largest absolute Gasteiger partial charge is 0.481 e. The van der Waals surface area contributed by atoms with Crippen molar-refractivity contribution in [1.29, 1.82) is 0 Å². The van der Waals surface area contributed by atoms with Gasteiger partial charge in [-0.05, 0) is 67.9 Å². The molecule has 0 saturated heterocycles. The van der Waals surface area contributed by atoms with Gasteiger partial charge in [-0.25, -0.2) is 4.79 Å². The number of carboxylic acid groups (broad SMARTS) is 1. The number of carbonyl (C=O) groups is 3. The lowest BCUT2D eigenvalue weighted by molar-refractivity contribution is -0.122. The van der Waals surface area contributed by atoms with Crippen molar-refractivity contribution in [2.24, 2.45) is 0 Å². The molecule has 0 aliphatic rings. The molecule has 0 bridgehead atoms. The van der Waals surface area contributed by atoms with Crippen molar-refractivity contribution >= 4 is 29.2 Å². The molecule has 3 aromatic carbocycles. The second kappa shape index (κ2) is 9.58. The summed E-state index contributed by atoms with van der Waals surface area (Å²) in [7, 11) is 0. The Hall–Kier alpha value is -4.13. The molecule has 1 atom stereocenters. The van der Waals surface area contributed by atoms with Gasteiger partial charge in [-0.3, -0.25) is 9.59 Å². The molecule has 0 heterocycles. The number of nitrogens with one attached hydrogen (secondary N) is 2. The maximum atomic E-state index is 12.4. The highest BCUT2D eigenvalue weighted by Crippen LogP contribution is 2.18. The molecule has 3 N–H and O–H groups in total. The minimum atomic E-state index is -1.13. The van der Waals surface area contributed by atoms with E-state index in [2.05, 4.69) is 10.6 Å². The van der Waals surface area contributed by atoms with E-state index in [0.29, 0.717) is 17.0 Å². The fourth-order valence-corrected chi connectivity index (χ4v) is 2.87. The zero-order valence-electron chi connectivity index (χ0n) is 17.1. The van der Waals surface area contributed by atoms with Crippen molar-refractivity contribution in [3.8, 4) is 5.75 Å². The third-order valence-corrected chi connectivity index (χ3v) is 4.49. The molecule has 0 aliphatic carbocycles. The highest BCUT2D eigenvalue weighted by Gasteiger charge is 2.16. The molecule has 7 nitrogen and oxygen atoms in total. The Morgan fingerprint density at radius 3 is 2.29 bits per heavy atom. The zero-order valence-corrected chi connectivity index (χ0v) is 17.1. The van der Waals surface area contributed by atoms with Crippen LogP contribution in [0, 0.1) is 6.92 Å². The van der Waals surface area contributed by atoms with Gasteiger partial charge in [0.25, 0.3) is 11.8 Å². The number of ether oxygens (including phenoxy) is 1. The Kier molecular flexibility index (Phi) is 6.67. The second-order valence-corrected chi connectivity index (χ2v) is 6.95. The van der Waals surface area contributed by atoms with Crippen LogP contribution in [0.1, 0.15) is 33.2 Å². The molecule has 2 amide bonds. The number of benzene rings is 3. The van der Waals surface area contributed by atoms with E-state index in [9.17, 15) is 19.5 Å². The van der Waals surface area contributed by atoms with Gasteiger partial charge in [0, 0.05) is 11.3 Å². The van der Waals surface area contributed by atoms with Crippen LogP contribution in [0.2, 0.25) is 0 Å². The van der Waals surface area contributed by atoms with Gasteiger partial charge in [0.05, 0.1) is 11.3 Å². The fourth-order valence-electron chi connectivity index (χ4n) is 2.87. The van der Waals surface area contributed by atoms with E-state index in [1.165, 1.54) is 12.1 Å². The van der Waals surface area contributed by atoms with Crippen molar-refractivity contribution in [1.82, 2.24) is 0 Å². The number of aryl methyl sites for hydroxylation is 1. The Labute approximate surface area is 179 Å². The lowest BCUT2D eigenvalue weighted by Gasteiger charge is -2.15. The van der Waals surface area contributed by atoms with Gasteiger partial charge in [-0.1, -0.05) is 24.3 Å². The van der Waals surface area contributed by atoms with Crippen LogP contribution in [0.15, 0.2) is 72.8 Å². The number of amides is 2. The summed E-state index contributed by atoms with van der Waals surface area (Å²) in [4.78, 5) is 36.1. The number of hydrogen-bond donors (Lipinski definition) is 3. The number of anilines is 2. The Morgan fingerprint density at radius 1 is 0.903 bits per heavy atom. The van der Waals surface area contributed by atoms with Crippen LogP contribution in [0.3, 0.4) is 0 Å². The van der Waals surface area contributed by atoms with Gasteiger partial charge in [-0.15, -0.1) is 0 Å². The first-order valence-corrected chi connectivity index (χ1v) is 9.61. The van der Waals surface area contributed by atoms with Crippen LogP contribution < -0.4 is 15.4 Å². The summed E-state index contributed by atoms with van der Waals surface area (Å²) in [5.41, 5.74) is 2.07. The second-order valence-electron chi connectivity index (χ2n) is 6.95. The number of aromatic carboxylic acids is 1. The molecule has 0 spiro atoms. The van der Waals surface area contributed by atoms with Crippen LogP contribution in [0.4, 0.5) is 11.4 Å².